The molecule has 1 heteroatoms. The lowest BCUT2D eigenvalue weighted by Crippen LogP contribution is -2.23. The van der Waals surface area contributed by atoms with E-state index in [1.54, 1.807) is 0 Å². The molecule has 2 saturated carbocycles. The van der Waals surface area contributed by atoms with Crippen LogP contribution in [0.1, 0.15) is 26.7 Å². The van der Waals surface area contributed by atoms with E-state index in [4.69, 9.17) is 5.26 Å². The van der Waals surface area contributed by atoms with Crippen LogP contribution in [-0.4, -0.2) is 0 Å². The van der Waals surface area contributed by atoms with E-state index in [2.05, 4.69) is 19.9 Å². The van der Waals surface area contributed by atoms with Crippen molar-refractivity contribution in [3.05, 3.63) is 0 Å². The van der Waals surface area contributed by atoms with E-state index < -0.39 is 0 Å². The van der Waals surface area contributed by atoms with Crippen molar-refractivity contribution in [2.45, 2.75) is 26.7 Å². The van der Waals surface area contributed by atoms with E-state index in [9.17, 15) is 0 Å². The summed E-state index contributed by atoms with van der Waals surface area (Å²) in [6, 6.07) is 2.48. The highest BCUT2D eigenvalue weighted by molar-refractivity contribution is 5.05. The van der Waals surface area contributed by atoms with Gasteiger partial charge in [-0.3, -0.25) is 0 Å². The Kier molecular flexibility index (Phi) is 1.45. The van der Waals surface area contributed by atoms with Crippen LogP contribution < -0.4 is 0 Å². The normalized spacial score (nSPS) is 54.5. The van der Waals surface area contributed by atoms with Gasteiger partial charge < -0.3 is 0 Å². The molecule has 0 spiro atoms. The van der Waals surface area contributed by atoms with E-state index in [1.165, 1.54) is 12.8 Å². The summed E-state index contributed by atoms with van der Waals surface area (Å²) in [6.45, 7) is 4.56. The van der Waals surface area contributed by atoms with E-state index >= 15 is 0 Å². The van der Waals surface area contributed by atoms with E-state index in [1.807, 2.05) is 0 Å². The summed E-state index contributed by atoms with van der Waals surface area (Å²) in [5.74, 6) is 3.49. The van der Waals surface area contributed by atoms with Gasteiger partial charge in [0, 0.05) is 0 Å². The predicted octanol–water partition coefficient (Wildman–Crippen LogP) is 2.44. The topological polar surface area (TPSA) is 23.8 Å². The molecule has 2 fully saturated rings. The van der Waals surface area contributed by atoms with Crippen molar-refractivity contribution in [1.29, 1.82) is 5.26 Å². The predicted molar refractivity (Wildman–Crippen MR) is 43.6 cm³/mol. The lowest BCUT2D eigenvalue weighted by molar-refractivity contribution is 0.231. The fraction of sp³-hybridized carbons (Fsp3) is 0.900. The number of rotatable bonds is 0. The Morgan fingerprint density at radius 1 is 1.27 bits per heavy atom. The van der Waals surface area contributed by atoms with Gasteiger partial charge in [-0.05, 0) is 36.5 Å². The molecule has 0 aromatic rings. The van der Waals surface area contributed by atoms with Gasteiger partial charge in [0.2, 0.25) is 0 Å². The van der Waals surface area contributed by atoms with Gasteiger partial charge in [-0.1, -0.05) is 13.8 Å². The molecular weight excluding hydrogens is 134 g/mol. The highest BCUT2D eigenvalue weighted by Crippen LogP contribution is 2.54. The highest BCUT2D eigenvalue weighted by atomic mass is 14.5. The molecule has 0 radical (unpaired) electrons. The van der Waals surface area contributed by atoms with Crippen LogP contribution in [0.4, 0.5) is 0 Å². The third kappa shape index (κ3) is 0.819. The lowest BCUT2D eigenvalue weighted by Gasteiger charge is -2.27. The Bertz CT molecular complexity index is 203. The Morgan fingerprint density at radius 2 is 2.00 bits per heavy atom. The zero-order chi connectivity index (χ0) is 8.01. The van der Waals surface area contributed by atoms with Gasteiger partial charge in [-0.2, -0.15) is 5.26 Å². The molecule has 5 atom stereocenters. The smallest absolute Gasteiger partial charge is 0.0661 e. The van der Waals surface area contributed by atoms with Crippen molar-refractivity contribution >= 4 is 0 Å². The molecule has 2 rings (SSSR count). The molecule has 0 aromatic heterocycles. The van der Waals surface area contributed by atoms with E-state index in [-0.39, 0.29) is 0 Å². The average molecular weight is 149 g/mol. The number of fused-ring (bicyclic) bond motifs is 2. The first-order chi connectivity index (χ1) is 5.24. The van der Waals surface area contributed by atoms with Crippen LogP contribution in [0.5, 0.6) is 0 Å². The Labute approximate surface area is 68.4 Å². The maximum Gasteiger partial charge on any atom is 0.0661 e. The van der Waals surface area contributed by atoms with Crippen LogP contribution in [-0.2, 0) is 0 Å². The maximum atomic E-state index is 8.93. The van der Waals surface area contributed by atoms with Crippen molar-refractivity contribution in [3.63, 3.8) is 0 Å². The van der Waals surface area contributed by atoms with Crippen molar-refractivity contribution in [2.24, 2.45) is 29.6 Å². The van der Waals surface area contributed by atoms with Crippen molar-refractivity contribution in [2.75, 3.05) is 0 Å². The Balaban J connectivity index is 2.21. The van der Waals surface area contributed by atoms with Crippen LogP contribution in [0.25, 0.3) is 0 Å². The third-order valence-corrected chi connectivity index (χ3v) is 3.90. The molecule has 0 heterocycles. The molecule has 2 aliphatic rings. The minimum absolute atomic E-state index is 0.378. The molecule has 0 saturated heterocycles. The maximum absolute atomic E-state index is 8.93. The van der Waals surface area contributed by atoms with Crippen LogP contribution in [0, 0.1) is 40.9 Å². The standard InChI is InChI=1S/C10H15N/c1-6-3-8-4-9(6)10(5-11)7(8)2/h6-10H,3-4H2,1-2H3/t6-,7+,8+,9+,10+/m0/s1. The fourth-order valence-corrected chi connectivity index (χ4v) is 3.16. The van der Waals surface area contributed by atoms with Gasteiger partial charge >= 0.3 is 0 Å². The minimum atomic E-state index is 0.378. The van der Waals surface area contributed by atoms with Gasteiger partial charge in [-0.15, -0.1) is 0 Å². The average Bonchev–Trinajstić information content (AvgIpc) is 2.45. The summed E-state index contributed by atoms with van der Waals surface area (Å²) in [7, 11) is 0. The summed E-state index contributed by atoms with van der Waals surface area (Å²) in [4.78, 5) is 0. The highest BCUT2D eigenvalue weighted by Gasteiger charge is 2.48. The Hall–Kier alpha value is -0.510. The molecule has 0 N–H and O–H groups in total. The molecule has 0 unspecified atom stereocenters. The number of hydrogen-bond acceptors (Lipinski definition) is 1. The first-order valence-electron chi connectivity index (χ1n) is 4.63. The number of hydrogen-bond donors (Lipinski definition) is 0. The zero-order valence-corrected chi connectivity index (χ0v) is 7.25. The van der Waals surface area contributed by atoms with Gasteiger partial charge in [0.05, 0.1) is 12.0 Å². The quantitative estimate of drug-likeness (QED) is 0.519. The second kappa shape index (κ2) is 2.24. The summed E-state index contributed by atoms with van der Waals surface area (Å²) in [6.07, 6.45) is 2.71. The summed E-state index contributed by atoms with van der Waals surface area (Å²) in [5.41, 5.74) is 0. The molecule has 11 heavy (non-hydrogen) atoms. The molecule has 0 aromatic carbocycles. The van der Waals surface area contributed by atoms with Crippen LogP contribution in [0.3, 0.4) is 0 Å². The van der Waals surface area contributed by atoms with Crippen molar-refractivity contribution in [3.8, 4) is 6.07 Å². The molecule has 2 aliphatic carbocycles. The lowest BCUT2D eigenvalue weighted by atomic mass is 9.76. The largest absolute Gasteiger partial charge is 0.198 e. The van der Waals surface area contributed by atoms with E-state index in [0.29, 0.717) is 11.8 Å². The van der Waals surface area contributed by atoms with Gasteiger partial charge in [0.15, 0.2) is 0 Å². The van der Waals surface area contributed by atoms with Gasteiger partial charge in [0.25, 0.3) is 0 Å². The monoisotopic (exact) mass is 149 g/mol. The second-order valence-corrected chi connectivity index (χ2v) is 4.39. The van der Waals surface area contributed by atoms with Crippen LogP contribution >= 0.6 is 0 Å². The van der Waals surface area contributed by atoms with Crippen molar-refractivity contribution in [1.82, 2.24) is 0 Å². The fourth-order valence-electron chi connectivity index (χ4n) is 3.16. The van der Waals surface area contributed by atoms with Crippen LogP contribution in [0.15, 0.2) is 0 Å². The summed E-state index contributed by atoms with van der Waals surface area (Å²) in [5, 5.41) is 8.93. The zero-order valence-electron chi connectivity index (χ0n) is 7.25. The summed E-state index contributed by atoms with van der Waals surface area (Å²) >= 11 is 0. The first kappa shape index (κ1) is 7.16. The third-order valence-electron chi connectivity index (χ3n) is 3.90. The minimum Gasteiger partial charge on any atom is -0.198 e. The van der Waals surface area contributed by atoms with Crippen molar-refractivity contribution < 1.29 is 0 Å². The molecule has 0 amide bonds. The first-order valence-corrected chi connectivity index (χ1v) is 4.63. The molecule has 1 nitrogen and oxygen atoms in total. The molecule has 60 valence electrons. The SMILES string of the molecule is C[C@@H]1[C@H]2C[C@@H]([C@@H]1C#N)[C@@H](C)C2. The van der Waals surface area contributed by atoms with Crippen LogP contribution in [0.2, 0.25) is 0 Å². The molecule has 0 aliphatic heterocycles. The molecular formula is C10H15N. The van der Waals surface area contributed by atoms with E-state index in [0.717, 1.165) is 17.8 Å². The van der Waals surface area contributed by atoms with Gasteiger partial charge in [-0.25, -0.2) is 0 Å². The van der Waals surface area contributed by atoms with Gasteiger partial charge in [0.1, 0.15) is 0 Å². The second-order valence-electron chi connectivity index (χ2n) is 4.39. The summed E-state index contributed by atoms with van der Waals surface area (Å²) < 4.78 is 0. The number of nitrogens with zero attached hydrogens (tertiary/aromatic N) is 1. The molecule has 2 bridgehead atoms. The number of nitriles is 1. The Morgan fingerprint density at radius 3 is 2.45 bits per heavy atom.